The first-order valence-electron chi connectivity index (χ1n) is 8.20. The molecule has 1 saturated heterocycles. The number of alkyl halides is 3. The van der Waals surface area contributed by atoms with Crippen LogP contribution in [0.3, 0.4) is 0 Å². The van der Waals surface area contributed by atoms with Crippen molar-refractivity contribution < 1.29 is 18.0 Å². The Hall–Kier alpha value is -2.51. The standard InChI is InChI=1S/C17H17F3N4O/c18-17(19,20)15-9-12(3-6-22-15)23-7-8-24(16(23)25)14-10-21-5-4-13(14)11-1-2-11/h3-6,9,11,21H,1-2,7-8,10H2. The molecule has 1 aliphatic carbocycles. The Morgan fingerprint density at radius 2 is 1.96 bits per heavy atom. The van der Waals surface area contributed by atoms with Gasteiger partial charge < -0.3 is 5.32 Å². The summed E-state index contributed by atoms with van der Waals surface area (Å²) < 4.78 is 38.6. The summed E-state index contributed by atoms with van der Waals surface area (Å²) >= 11 is 0. The van der Waals surface area contributed by atoms with Crippen molar-refractivity contribution in [3.8, 4) is 0 Å². The molecule has 1 saturated carbocycles. The van der Waals surface area contributed by atoms with Gasteiger partial charge in [0.25, 0.3) is 0 Å². The second kappa shape index (κ2) is 5.79. The molecule has 0 spiro atoms. The van der Waals surface area contributed by atoms with Crippen molar-refractivity contribution in [2.45, 2.75) is 19.0 Å². The molecule has 1 aromatic heterocycles. The fourth-order valence-corrected chi connectivity index (χ4v) is 3.29. The number of aromatic nitrogens is 1. The van der Waals surface area contributed by atoms with E-state index in [1.165, 1.54) is 16.5 Å². The maximum absolute atomic E-state index is 12.9. The smallest absolute Gasteiger partial charge is 0.385 e. The molecule has 1 aromatic rings. The van der Waals surface area contributed by atoms with Crippen molar-refractivity contribution in [3.63, 3.8) is 0 Å². The van der Waals surface area contributed by atoms with E-state index in [1.54, 1.807) is 4.90 Å². The molecule has 0 atom stereocenters. The Morgan fingerprint density at radius 3 is 2.68 bits per heavy atom. The van der Waals surface area contributed by atoms with E-state index in [0.29, 0.717) is 25.6 Å². The van der Waals surface area contributed by atoms with Crippen LogP contribution >= 0.6 is 0 Å². The van der Waals surface area contributed by atoms with Crippen LogP contribution in [0.1, 0.15) is 18.5 Å². The molecule has 2 aliphatic heterocycles. The number of carbonyl (C=O) groups excluding carboxylic acids is 1. The Morgan fingerprint density at radius 1 is 1.20 bits per heavy atom. The highest BCUT2D eigenvalue weighted by atomic mass is 19.4. The van der Waals surface area contributed by atoms with E-state index in [9.17, 15) is 18.0 Å². The Balaban J connectivity index is 1.61. The van der Waals surface area contributed by atoms with Crippen molar-refractivity contribution >= 4 is 11.7 Å². The van der Waals surface area contributed by atoms with Crippen LogP contribution in [0.4, 0.5) is 23.7 Å². The van der Waals surface area contributed by atoms with Crippen molar-refractivity contribution in [1.29, 1.82) is 0 Å². The Labute approximate surface area is 142 Å². The van der Waals surface area contributed by atoms with Crippen LogP contribution in [-0.4, -0.2) is 35.5 Å². The molecule has 3 heterocycles. The van der Waals surface area contributed by atoms with Gasteiger partial charge in [-0.05, 0) is 48.7 Å². The fourth-order valence-electron chi connectivity index (χ4n) is 3.29. The van der Waals surface area contributed by atoms with Crippen LogP contribution < -0.4 is 10.2 Å². The van der Waals surface area contributed by atoms with E-state index >= 15 is 0 Å². The molecule has 8 heteroatoms. The topological polar surface area (TPSA) is 48.5 Å². The zero-order valence-corrected chi connectivity index (χ0v) is 13.4. The highest BCUT2D eigenvalue weighted by Gasteiger charge is 2.38. The van der Waals surface area contributed by atoms with Gasteiger partial charge in [-0.25, -0.2) is 4.79 Å². The van der Waals surface area contributed by atoms with Crippen molar-refractivity contribution in [1.82, 2.24) is 15.2 Å². The molecule has 132 valence electrons. The van der Waals surface area contributed by atoms with Gasteiger partial charge in [0, 0.05) is 30.7 Å². The number of allylic oxidation sites excluding steroid dienone is 2. The molecule has 1 N–H and O–H groups in total. The largest absolute Gasteiger partial charge is 0.433 e. The van der Waals surface area contributed by atoms with Crippen LogP contribution in [-0.2, 0) is 6.18 Å². The van der Waals surface area contributed by atoms with Crippen LogP contribution in [0.5, 0.6) is 0 Å². The number of nitrogens with one attached hydrogen (secondary N) is 1. The lowest BCUT2D eigenvalue weighted by Gasteiger charge is -2.26. The summed E-state index contributed by atoms with van der Waals surface area (Å²) in [4.78, 5) is 19.2. The van der Waals surface area contributed by atoms with Gasteiger partial charge in [0.15, 0.2) is 0 Å². The summed E-state index contributed by atoms with van der Waals surface area (Å²) in [6.07, 6.45) is 2.68. The van der Waals surface area contributed by atoms with E-state index in [4.69, 9.17) is 0 Å². The van der Waals surface area contributed by atoms with Gasteiger partial charge in [-0.1, -0.05) is 0 Å². The zero-order valence-electron chi connectivity index (χ0n) is 13.4. The van der Waals surface area contributed by atoms with E-state index in [2.05, 4.69) is 10.3 Å². The molecule has 0 radical (unpaired) electrons. The third-order valence-corrected chi connectivity index (χ3v) is 4.68. The maximum atomic E-state index is 12.9. The molecule has 5 nitrogen and oxygen atoms in total. The first-order valence-corrected chi connectivity index (χ1v) is 8.20. The minimum absolute atomic E-state index is 0.225. The number of hydrogen-bond donors (Lipinski definition) is 1. The first-order chi connectivity index (χ1) is 11.9. The van der Waals surface area contributed by atoms with Crippen LogP contribution in [0.15, 0.2) is 41.9 Å². The van der Waals surface area contributed by atoms with E-state index in [1.807, 2.05) is 12.3 Å². The number of anilines is 1. The van der Waals surface area contributed by atoms with Crippen molar-refractivity contribution in [2.75, 3.05) is 24.5 Å². The molecule has 0 unspecified atom stereocenters. The van der Waals surface area contributed by atoms with Crippen LogP contribution in [0.25, 0.3) is 0 Å². The number of hydrogen-bond acceptors (Lipinski definition) is 3. The molecule has 0 bridgehead atoms. The predicted octanol–water partition coefficient (Wildman–Crippen LogP) is 3.12. The normalized spacial score (nSPS) is 21.2. The number of carbonyl (C=O) groups is 1. The van der Waals surface area contributed by atoms with Gasteiger partial charge in [-0.2, -0.15) is 13.2 Å². The average molecular weight is 350 g/mol. The van der Waals surface area contributed by atoms with E-state index < -0.39 is 11.9 Å². The number of dihydropyridines is 1. The van der Waals surface area contributed by atoms with Crippen LogP contribution in [0, 0.1) is 5.92 Å². The summed E-state index contributed by atoms with van der Waals surface area (Å²) in [7, 11) is 0. The highest BCUT2D eigenvalue weighted by molar-refractivity contribution is 5.95. The SMILES string of the molecule is O=C1N(C2=C(C3CC3)C=CNC2)CCN1c1ccnc(C(F)(F)F)c1. The van der Waals surface area contributed by atoms with Gasteiger partial charge in [0.1, 0.15) is 5.69 Å². The summed E-state index contributed by atoms with van der Waals surface area (Å²) in [5, 5.41) is 3.12. The monoisotopic (exact) mass is 350 g/mol. The molecule has 3 aliphatic rings. The van der Waals surface area contributed by atoms with Crippen molar-refractivity contribution in [2.24, 2.45) is 5.92 Å². The molecular weight excluding hydrogens is 333 g/mol. The quantitative estimate of drug-likeness (QED) is 0.911. The molecule has 2 amide bonds. The number of rotatable bonds is 3. The average Bonchev–Trinajstić information content (AvgIpc) is 3.37. The molecule has 25 heavy (non-hydrogen) atoms. The summed E-state index contributed by atoms with van der Waals surface area (Å²) in [6.45, 7) is 1.38. The van der Waals surface area contributed by atoms with Gasteiger partial charge in [0.05, 0.1) is 6.54 Å². The first kappa shape index (κ1) is 16.0. The van der Waals surface area contributed by atoms with Gasteiger partial charge >= 0.3 is 12.2 Å². The van der Waals surface area contributed by atoms with Gasteiger partial charge in [0.2, 0.25) is 0 Å². The summed E-state index contributed by atoms with van der Waals surface area (Å²) in [5.74, 6) is 0.493. The number of halogens is 3. The molecular formula is C17H17F3N4O. The lowest BCUT2D eigenvalue weighted by Crippen LogP contribution is -2.36. The summed E-state index contributed by atoms with van der Waals surface area (Å²) in [6, 6.07) is 2.08. The highest BCUT2D eigenvalue weighted by Crippen LogP contribution is 2.40. The fraction of sp³-hybridized carbons (Fsp3) is 0.412. The predicted molar refractivity (Wildman–Crippen MR) is 85.6 cm³/mol. The summed E-state index contributed by atoms with van der Waals surface area (Å²) in [5.41, 5.74) is 1.33. The van der Waals surface area contributed by atoms with Gasteiger partial charge in [-0.3, -0.25) is 14.8 Å². The zero-order chi connectivity index (χ0) is 17.6. The Kier molecular flexibility index (Phi) is 3.70. The molecule has 0 aromatic carbocycles. The van der Waals surface area contributed by atoms with E-state index in [0.717, 1.165) is 30.8 Å². The second-order valence-corrected chi connectivity index (χ2v) is 6.37. The third kappa shape index (κ3) is 2.96. The second-order valence-electron chi connectivity index (χ2n) is 6.37. The molecule has 4 rings (SSSR count). The third-order valence-electron chi connectivity index (χ3n) is 4.68. The maximum Gasteiger partial charge on any atom is 0.433 e. The number of amides is 2. The minimum atomic E-state index is -4.53. The molecule has 2 fully saturated rings. The minimum Gasteiger partial charge on any atom is -0.385 e. The van der Waals surface area contributed by atoms with Crippen LogP contribution in [0.2, 0.25) is 0 Å². The van der Waals surface area contributed by atoms with E-state index in [-0.39, 0.29) is 11.7 Å². The van der Waals surface area contributed by atoms with Gasteiger partial charge in [-0.15, -0.1) is 0 Å². The number of urea groups is 1. The Bertz CT molecular complexity index is 767. The number of nitrogens with zero attached hydrogens (tertiary/aromatic N) is 3. The lowest BCUT2D eigenvalue weighted by molar-refractivity contribution is -0.141. The number of pyridine rings is 1. The lowest BCUT2D eigenvalue weighted by atomic mass is 10.1. The van der Waals surface area contributed by atoms with Crippen molar-refractivity contribution in [3.05, 3.63) is 47.6 Å².